The summed E-state index contributed by atoms with van der Waals surface area (Å²) < 4.78 is 5.38. The van der Waals surface area contributed by atoms with Gasteiger partial charge in [0.1, 0.15) is 5.75 Å². The van der Waals surface area contributed by atoms with Gasteiger partial charge in [-0.1, -0.05) is 11.6 Å². The predicted molar refractivity (Wildman–Crippen MR) is 120 cm³/mol. The zero-order valence-corrected chi connectivity index (χ0v) is 19.3. The van der Waals surface area contributed by atoms with Gasteiger partial charge in [-0.25, -0.2) is 9.97 Å². The number of nitrogens with zero attached hydrogens (tertiary/aromatic N) is 4. The first-order valence-electron chi connectivity index (χ1n) is 10.7. The third kappa shape index (κ3) is 4.82. The maximum absolute atomic E-state index is 13.4. The number of ether oxygens (including phenoxy) is 1. The zero-order chi connectivity index (χ0) is 22.5. The molecule has 1 atom stereocenters. The summed E-state index contributed by atoms with van der Waals surface area (Å²) in [6.07, 6.45) is 4.24. The third-order valence-electron chi connectivity index (χ3n) is 5.73. The number of piperidine rings is 1. The van der Waals surface area contributed by atoms with E-state index in [2.05, 4.69) is 9.97 Å². The minimum absolute atomic E-state index is 0.0747. The van der Waals surface area contributed by atoms with Crippen molar-refractivity contribution in [1.82, 2.24) is 19.8 Å². The largest absolute Gasteiger partial charge is 0.496 e. The summed E-state index contributed by atoms with van der Waals surface area (Å²) in [6.45, 7) is 7.56. The number of likely N-dealkylation sites (tertiary alicyclic amines) is 1. The van der Waals surface area contributed by atoms with Gasteiger partial charge < -0.3 is 14.5 Å². The first-order chi connectivity index (χ1) is 14.9. The Morgan fingerprint density at radius 2 is 1.97 bits per heavy atom. The van der Waals surface area contributed by atoms with Crippen molar-refractivity contribution >= 4 is 23.4 Å². The molecular weight excluding hydrogens is 416 g/mol. The monoisotopic (exact) mass is 444 g/mol. The molecule has 0 aliphatic carbocycles. The van der Waals surface area contributed by atoms with Gasteiger partial charge >= 0.3 is 0 Å². The lowest BCUT2D eigenvalue weighted by molar-refractivity contribution is 0.0595. The summed E-state index contributed by atoms with van der Waals surface area (Å²) in [6, 6.07) is 4.76. The van der Waals surface area contributed by atoms with Crippen molar-refractivity contribution in [2.75, 3.05) is 26.7 Å². The van der Waals surface area contributed by atoms with E-state index in [0.717, 1.165) is 19.3 Å². The molecule has 1 fully saturated rings. The average molecular weight is 445 g/mol. The highest BCUT2D eigenvalue weighted by molar-refractivity contribution is 6.31. The van der Waals surface area contributed by atoms with Gasteiger partial charge in [-0.3, -0.25) is 9.59 Å². The van der Waals surface area contributed by atoms with Crippen molar-refractivity contribution in [3.8, 4) is 5.75 Å². The number of aryl methyl sites for hydroxylation is 1. The first kappa shape index (κ1) is 23.0. The third-order valence-corrected chi connectivity index (χ3v) is 5.97. The van der Waals surface area contributed by atoms with Gasteiger partial charge in [-0.05, 0) is 58.2 Å². The number of halogens is 1. The fourth-order valence-electron chi connectivity index (χ4n) is 3.98. The van der Waals surface area contributed by atoms with E-state index >= 15 is 0 Å². The second-order valence-electron chi connectivity index (χ2n) is 7.56. The van der Waals surface area contributed by atoms with Crippen LogP contribution in [0.25, 0.3) is 0 Å². The van der Waals surface area contributed by atoms with Gasteiger partial charge in [-0.2, -0.15) is 0 Å². The molecule has 0 spiro atoms. The van der Waals surface area contributed by atoms with Crippen molar-refractivity contribution in [3.05, 3.63) is 52.1 Å². The predicted octanol–water partition coefficient (Wildman–Crippen LogP) is 4.30. The number of amides is 2. The fourth-order valence-corrected chi connectivity index (χ4v) is 4.15. The second-order valence-corrected chi connectivity index (χ2v) is 8.00. The van der Waals surface area contributed by atoms with Gasteiger partial charge in [0.25, 0.3) is 11.8 Å². The molecule has 1 aromatic carbocycles. The summed E-state index contributed by atoms with van der Waals surface area (Å²) >= 11 is 6.14. The molecule has 0 N–H and O–H groups in total. The molecule has 0 radical (unpaired) electrons. The summed E-state index contributed by atoms with van der Waals surface area (Å²) in [5.41, 5.74) is 1.55. The smallest absolute Gasteiger partial charge is 0.258 e. The molecule has 1 aromatic heterocycles. The number of carbonyl (C=O) groups excluding carboxylic acids is 2. The lowest BCUT2D eigenvalue weighted by atomic mass is 9.99. The van der Waals surface area contributed by atoms with Crippen LogP contribution in [0.3, 0.4) is 0 Å². The lowest BCUT2D eigenvalue weighted by Gasteiger charge is -2.35. The number of methoxy groups -OCH3 is 1. The molecule has 7 nitrogen and oxygen atoms in total. The molecule has 8 heteroatoms. The molecule has 31 heavy (non-hydrogen) atoms. The Balaban J connectivity index is 1.92. The van der Waals surface area contributed by atoms with Gasteiger partial charge in [0.15, 0.2) is 5.82 Å². The molecule has 1 saturated heterocycles. The molecular formula is C23H29ClN4O3. The van der Waals surface area contributed by atoms with Crippen LogP contribution in [0.4, 0.5) is 0 Å². The van der Waals surface area contributed by atoms with Gasteiger partial charge in [0.05, 0.1) is 30.0 Å². The van der Waals surface area contributed by atoms with E-state index in [9.17, 15) is 9.59 Å². The van der Waals surface area contributed by atoms with Crippen LogP contribution in [0, 0.1) is 6.92 Å². The van der Waals surface area contributed by atoms with Gasteiger partial charge in [-0.15, -0.1) is 0 Å². The van der Waals surface area contributed by atoms with E-state index in [1.807, 2.05) is 20.8 Å². The maximum atomic E-state index is 13.4. The highest BCUT2D eigenvalue weighted by Gasteiger charge is 2.32. The van der Waals surface area contributed by atoms with Gasteiger partial charge in [0.2, 0.25) is 0 Å². The Labute approximate surface area is 188 Å². The standard InChI is InChI=1S/C23H29ClN4O3/c1-5-27(6-2)22(29)18-14-25-21(26-15(18)3)19-9-7-8-12-28(19)23(30)17-13-16(24)10-11-20(17)31-4/h10-11,13-14,19H,5-9,12H2,1-4H3. The molecule has 1 aliphatic heterocycles. The van der Waals surface area contributed by atoms with E-state index in [-0.39, 0.29) is 17.9 Å². The quantitative estimate of drug-likeness (QED) is 0.664. The van der Waals surface area contributed by atoms with Gasteiger partial charge in [0, 0.05) is 30.9 Å². The number of benzene rings is 1. The zero-order valence-electron chi connectivity index (χ0n) is 18.5. The number of carbonyl (C=O) groups is 2. The van der Waals surface area contributed by atoms with Crippen LogP contribution in [0.2, 0.25) is 5.02 Å². The highest BCUT2D eigenvalue weighted by atomic mass is 35.5. The number of aromatic nitrogens is 2. The average Bonchev–Trinajstić information content (AvgIpc) is 2.79. The Morgan fingerprint density at radius 1 is 1.23 bits per heavy atom. The summed E-state index contributed by atoms with van der Waals surface area (Å²) in [5.74, 6) is 0.807. The normalized spacial score (nSPS) is 16.2. The summed E-state index contributed by atoms with van der Waals surface area (Å²) in [5, 5.41) is 0.476. The van der Waals surface area contributed by atoms with E-state index in [4.69, 9.17) is 16.3 Å². The van der Waals surface area contributed by atoms with Crippen molar-refractivity contribution in [2.24, 2.45) is 0 Å². The molecule has 0 bridgehead atoms. The molecule has 2 aromatic rings. The lowest BCUT2D eigenvalue weighted by Crippen LogP contribution is -2.39. The van der Waals surface area contributed by atoms with Crippen LogP contribution in [0.1, 0.15) is 71.4 Å². The first-order valence-corrected chi connectivity index (χ1v) is 11.1. The van der Waals surface area contributed by atoms with Crippen LogP contribution in [-0.2, 0) is 0 Å². The molecule has 1 aliphatic rings. The Morgan fingerprint density at radius 3 is 2.61 bits per heavy atom. The van der Waals surface area contributed by atoms with Crippen molar-refractivity contribution < 1.29 is 14.3 Å². The maximum Gasteiger partial charge on any atom is 0.258 e. The van der Waals surface area contributed by atoms with Crippen LogP contribution < -0.4 is 4.74 Å². The molecule has 3 rings (SSSR count). The molecule has 2 heterocycles. The fraction of sp³-hybridized carbons (Fsp3) is 0.478. The molecule has 1 unspecified atom stereocenters. The Bertz CT molecular complexity index is 962. The summed E-state index contributed by atoms with van der Waals surface area (Å²) in [4.78, 5) is 38.8. The topological polar surface area (TPSA) is 75.6 Å². The summed E-state index contributed by atoms with van der Waals surface area (Å²) in [7, 11) is 1.53. The van der Waals surface area contributed by atoms with E-state index in [1.165, 1.54) is 7.11 Å². The number of rotatable bonds is 6. The second kappa shape index (κ2) is 10.1. The molecule has 166 valence electrons. The van der Waals surface area contributed by atoms with E-state index in [0.29, 0.717) is 53.1 Å². The minimum atomic E-state index is -0.263. The van der Waals surface area contributed by atoms with Crippen molar-refractivity contribution in [1.29, 1.82) is 0 Å². The van der Waals surface area contributed by atoms with Crippen LogP contribution >= 0.6 is 11.6 Å². The minimum Gasteiger partial charge on any atom is -0.496 e. The molecule has 0 saturated carbocycles. The highest BCUT2D eigenvalue weighted by Crippen LogP contribution is 2.33. The van der Waals surface area contributed by atoms with Crippen molar-refractivity contribution in [3.63, 3.8) is 0 Å². The Kier molecular flexibility index (Phi) is 7.49. The van der Waals surface area contributed by atoms with Crippen LogP contribution in [0.5, 0.6) is 5.75 Å². The van der Waals surface area contributed by atoms with E-state index < -0.39 is 0 Å². The van der Waals surface area contributed by atoms with E-state index in [1.54, 1.807) is 34.2 Å². The number of hydrogen-bond acceptors (Lipinski definition) is 5. The number of hydrogen-bond donors (Lipinski definition) is 0. The SMILES string of the molecule is CCN(CC)C(=O)c1cnc(C2CCCCN2C(=O)c2cc(Cl)ccc2OC)nc1C. The Hall–Kier alpha value is -2.67. The van der Waals surface area contributed by atoms with Crippen molar-refractivity contribution in [2.45, 2.75) is 46.1 Å². The molecule has 2 amide bonds. The van der Waals surface area contributed by atoms with Crippen LogP contribution in [-0.4, -0.2) is 58.3 Å². The van der Waals surface area contributed by atoms with Crippen LogP contribution in [0.15, 0.2) is 24.4 Å².